The van der Waals surface area contributed by atoms with Gasteiger partial charge in [-0.25, -0.2) is 0 Å². The van der Waals surface area contributed by atoms with E-state index in [0.29, 0.717) is 22.3 Å². The highest BCUT2D eigenvalue weighted by Gasteiger charge is 2.38. The monoisotopic (exact) mass is 928 g/mol. The van der Waals surface area contributed by atoms with Gasteiger partial charge in [-0.05, 0) is 49.9 Å². The van der Waals surface area contributed by atoms with Gasteiger partial charge < -0.3 is 40.9 Å². The second-order valence-corrected chi connectivity index (χ2v) is 17.5. The van der Waals surface area contributed by atoms with Crippen LogP contribution in [0.25, 0.3) is 0 Å². The molecule has 0 unspecified atom stereocenters. The predicted octanol–water partition coefficient (Wildman–Crippen LogP) is 2.30. The summed E-state index contributed by atoms with van der Waals surface area (Å²) in [6.07, 6.45) is 0.156. The summed E-state index contributed by atoms with van der Waals surface area (Å²) in [6, 6.07) is 26.5. The van der Waals surface area contributed by atoms with Gasteiger partial charge in [0.05, 0.1) is 0 Å². The number of hydrogen-bond donors (Lipinski definition) is 4. The molecule has 1 aliphatic rings. The molecule has 4 aromatic rings. The molecule has 4 aromatic carbocycles. The molecule has 5 rings (SSSR count). The van der Waals surface area contributed by atoms with Crippen molar-refractivity contribution >= 4 is 47.3 Å². The lowest BCUT2D eigenvalue weighted by Crippen LogP contribution is -2.61. The maximum absolute atomic E-state index is 14.4. The average molecular weight is 929 g/mol. The Kier molecular flexibility index (Phi) is 18.1. The molecule has 0 saturated carbocycles. The Morgan fingerprint density at radius 2 is 0.471 bits per heavy atom. The van der Waals surface area contributed by atoms with Gasteiger partial charge in [0.2, 0.25) is 47.3 Å². The molecule has 0 spiro atoms. The lowest BCUT2D eigenvalue weighted by molar-refractivity contribution is -0.146. The molecule has 1 aliphatic heterocycles. The molecule has 16 nitrogen and oxygen atoms in total. The molecule has 360 valence electrons. The van der Waals surface area contributed by atoms with Crippen molar-refractivity contribution in [3.63, 3.8) is 0 Å². The Labute approximate surface area is 398 Å². The maximum atomic E-state index is 14.4. The quantitative estimate of drug-likeness (QED) is 0.207. The fourth-order valence-corrected chi connectivity index (χ4v) is 7.82. The highest BCUT2D eigenvalue weighted by molar-refractivity contribution is 5.98. The molecule has 0 aliphatic carbocycles. The van der Waals surface area contributed by atoms with E-state index in [1.54, 1.807) is 97.1 Å². The molecule has 1 heterocycles. The maximum Gasteiger partial charge on any atom is 0.245 e. The Bertz CT molecular complexity index is 2060. The summed E-state index contributed by atoms with van der Waals surface area (Å²) in [4.78, 5) is 119. The van der Waals surface area contributed by atoms with E-state index >= 15 is 0 Å². The van der Waals surface area contributed by atoms with E-state index in [0.717, 1.165) is 0 Å². The van der Waals surface area contributed by atoms with E-state index in [2.05, 4.69) is 21.3 Å². The predicted molar refractivity (Wildman–Crippen MR) is 257 cm³/mol. The Hall–Kier alpha value is -7.36. The molecule has 16 heteroatoms. The molecule has 68 heavy (non-hydrogen) atoms. The SMILES string of the molecule is C[C@@H]1C(=O)N[C@@H](Cc2ccccc2)C(=O)N(C)[C@H](C)C(=O)N[C@@H](Cc2ccccc2)C(=O)N(C)[C@H](C)C(=O)N[C@@H](Cc2ccccc2)C(=O)N(C)[C@H](C)C(=O)N[C@@H](Cc2ccccc2)C(=O)N1C. The number of carbonyl (C=O) groups excluding carboxylic acids is 8. The van der Waals surface area contributed by atoms with Gasteiger partial charge in [-0.1, -0.05) is 121 Å². The van der Waals surface area contributed by atoms with Crippen LogP contribution in [0.4, 0.5) is 0 Å². The third-order valence-electron chi connectivity index (χ3n) is 12.8. The average Bonchev–Trinajstić information content (AvgIpc) is 3.35. The Morgan fingerprint density at radius 3 is 0.632 bits per heavy atom. The van der Waals surface area contributed by atoms with Crippen molar-refractivity contribution in [3.8, 4) is 0 Å². The number of amides is 8. The normalized spacial score (nSPS) is 24.7. The molecule has 8 atom stereocenters. The van der Waals surface area contributed by atoms with Gasteiger partial charge in [-0.3, -0.25) is 38.4 Å². The molecular weight excluding hydrogens is 865 g/mol. The van der Waals surface area contributed by atoms with Crippen LogP contribution in [-0.2, 0) is 64.0 Å². The fraction of sp³-hybridized carbons (Fsp3) is 0.385. The third-order valence-corrected chi connectivity index (χ3v) is 12.8. The minimum absolute atomic E-state index is 0.0390. The van der Waals surface area contributed by atoms with E-state index < -0.39 is 95.6 Å². The van der Waals surface area contributed by atoms with Gasteiger partial charge in [0.1, 0.15) is 48.3 Å². The number of carbonyl (C=O) groups is 8. The fourth-order valence-electron chi connectivity index (χ4n) is 7.82. The molecule has 1 saturated heterocycles. The van der Waals surface area contributed by atoms with Gasteiger partial charge in [-0.15, -0.1) is 0 Å². The molecule has 0 radical (unpaired) electrons. The van der Waals surface area contributed by atoms with Crippen LogP contribution in [0.5, 0.6) is 0 Å². The number of nitrogens with one attached hydrogen (secondary N) is 4. The van der Waals surface area contributed by atoms with Crippen LogP contribution in [0.1, 0.15) is 49.9 Å². The summed E-state index contributed by atoms with van der Waals surface area (Å²) in [7, 11) is 5.70. The van der Waals surface area contributed by atoms with Gasteiger partial charge >= 0.3 is 0 Å². The van der Waals surface area contributed by atoms with E-state index in [4.69, 9.17) is 0 Å². The van der Waals surface area contributed by atoms with Crippen LogP contribution in [0.3, 0.4) is 0 Å². The minimum atomic E-state index is -1.20. The third kappa shape index (κ3) is 13.4. The number of rotatable bonds is 8. The van der Waals surface area contributed by atoms with Crippen LogP contribution in [0, 0.1) is 0 Å². The molecule has 0 bridgehead atoms. The molecule has 4 N–H and O–H groups in total. The molecule has 1 fully saturated rings. The summed E-state index contributed by atoms with van der Waals surface area (Å²) in [5, 5.41) is 11.3. The van der Waals surface area contributed by atoms with E-state index in [1.165, 1.54) is 75.5 Å². The first-order valence-corrected chi connectivity index (χ1v) is 22.8. The highest BCUT2D eigenvalue weighted by atomic mass is 16.2. The molecular formula is C52H64N8O8. The van der Waals surface area contributed by atoms with Gasteiger partial charge in [0.25, 0.3) is 0 Å². The summed E-state index contributed by atoms with van der Waals surface area (Å²) in [5.74, 6) is -5.12. The van der Waals surface area contributed by atoms with Gasteiger partial charge in [-0.2, -0.15) is 0 Å². The van der Waals surface area contributed by atoms with Crippen LogP contribution in [0.15, 0.2) is 121 Å². The number of nitrogens with zero attached hydrogens (tertiary/aromatic N) is 4. The standard InChI is InChI=1S/C52H64N8O8/c1-33-45(61)53-42(30-38-23-15-10-16-24-38)50(66)58(6)35(3)47(63)55-44(32-40-27-19-12-20-28-40)52(68)60(8)36(4)48(64)56-43(31-39-25-17-11-18-26-39)51(67)59(7)34(2)46(62)54-41(49(65)57(33)5)29-37-21-13-9-14-22-37/h9-28,33-36,41-44H,29-32H2,1-8H3,(H,53,61)(H,54,62)(H,55,63)(H,56,64)/t33-,34-,35-,36-,41+,42+,43+,44+/m1/s1. The van der Waals surface area contributed by atoms with E-state index in [1.807, 2.05) is 24.3 Å². The lowest BCUT2D eigenvalue weighted by Gasteiger charge is -2.34. The van der Waals surface area contributed by atoms with Gasteiger partial charge in [0.15, 0.2) is 0 Å². The lowest BCUT2D eigenvalue weighted by atomic mass is 10.0. The second kappa shape index (κ2) is 23.9. The summed E-state index contributed by atoms with van der Waals surface area (Å²) >= 11 is 0. The van der Waals surface area contributed by atoms with Crippen molar-refractivity contribution in [2.75, 3.05) is 28.2 Å². The van der Waals surface area contributed by atoms with E-state index in [-0.39, 0.29) is 25.7 Å². The summed E-state index contributed by atoms with van der Waals surface area (Å²) in [6.45, 7) is 6.00. The highest BCUT2D eigenvalue weighted by Crippen LogP contribution is 2.16. The smallest absolute Gasteiger partial charge is 0.245 e. The Morgan fingerprint density at radius 1 is 0.309 bits per heavy atom. The number of hydrogen-bond acceptors (Lipinski definition) is 8. The first-order valence-electron chi connectivity index (χ1n) is 22.8. The van der Waals surface area contributed by atoms with Crippen LogP contribution >= 0.6 is 0 Å². The van der Waals surface area contributed by atoms with Crippen molar-refractivity contribution < 1.29 is 38.4 Å². The first kappa shape index (κ1) is 51.6. The summed E-state index contributed by atoms with van der Waals surface area (Å²) in [5.41, 5.74) is 2.86. The first-order chi connectivity index (χ1) is 32.4. The van der Waals surface area contributed by atoms with Crippen LogP contribution in [0.2, 0.25) is 0 Å². The largest absolute Gasteiger partial charge is 0.342 e. The van der Waals surface area contributed by atoms with Crippen molar-refractivity contribution in [1.29, 1.82) is 0 Å². The zero-order valence-electron chi connectivity index (χ0n) is 40.0. The van der Waals surface area contributed by atoms with Crippen molar-refractivity contribution in [2.45, 2.75) is 102 Å². The zero-order valence-corrected chi connectivity index (χ0v) is 40.0. The number of benzene rings is 4. The number of likely N-dealkylation sites (N-methyl/N-ethyl adjacent to an activating group) is 4. The van der Waals surface area contributed by atoms with Crippen molar-refractivity contribution in [3.05, 3.63) is 144 Å². The van der Waals surface area contributed by atoms with E-state index in [9.17, 15) is 38.4 Å². The summed E-state index contributed by atoms with van der Waals surface area (Å²) < 4.78 is 0. The minimum Gasteiger partial charge on any atom is -0.342 e. The Balaban J connectivity index is 1.56. The van der Waals surface area contributed by atoms with Crippen LogP contribution < -0.4 is 21.3 Å². The second-order valence-electron chi connectivity index (χ2n) is 17.5. The molecule has 8 amide bonds. The van der Waals surface area contributed by atoms with Gasteiger partial charge in [0, 0.05) is 53.9 Å². The van der Waals surface area contributed by atoms with Crippen molar-refractivity contribution in [1.82, 2.24) is 40.9 Å². The zero-order chi connectivity index (χ0) is 49.7. The molecule has 0 aromatic heterocycles. The topological polar surface area (TPSA) is 198 Å². The van der Waals surface area contributed by atoms with Crippen molar-refractivity contribution in [2.24, 2.45) is 0 Å². The van der Waals surface area contributed by atoms with Crippen LogP contribution in [-0.4, -0.2) is 143 Å².